The van der Waals surface area contributed by atoms with Crippen LogP contribution in [0.3, 0.4) is 0 Å². The molecular weight excluding hydrogens is 272 g/mol. The molecule has 1 aliphatic heterocycles. The summed E-state index contributed by atoms with van der Waals surface area (Å²) in [5.74, 6) is -6.30. The Labute approximate surface area is 115 Å². The van der Waals surface area contributed by atoms with Crippen molar-refractivity contribution >= 4 is 17.9 Å². The Morgan fingerprint density at radius 1 is 1.35 bits per heavy atom. The molecule has 0 aromatic heterocycles. The van der Waals surface area contributed by atoms with Crippen molar-refractivity contribution in [3.63, 3.8) is 0 Å². The first-order valence-corrected chi connectivity index (χ1v) is 6.07. The molecular formula is C12H18O8. The van der Waals surface area contributed by atoms with Crippen LogP contribution in [-0.4, -0.2) is 53.7 Å². The van der Waals surface area contributed by atoms with Crippen molar-refractivity contribution in [1.29, 1.82) is 0 Å². The molecule has 114 valence electrons. The van der Waals surface area contributed by atoms with Gasteiger partial charge in [-0.15, -0.1) is 0 Å². The second kappa shape index (κ2) is 5.76. The van der Waals surface area contributed by atoms with E-state index in [9.17, 15) is 14.4 Å². The highest BCUT2D eigenvalue weighted by atomic mass is 16.8. The van der Waals surface area contributed by atoms with E-state index >= 15 is 0 Å². The molecule has 8 heteroatoms. The number of carbonyl (C=O) groups excluding carboxylic acids is 2. The molecule has 1 fully saturated rings. The summed E-state index contributed by atoms with van der Waals surface area (Å²) in [5, 5.41) is 9.09. The molecule has 0 aromatic carbocycles. The SMILES string of the molecule is CCOC(=O)C1(C(=O)O)OC[C@@H](C(=O)OC(C)(C)C)O1. The van der Waals surface area contributed by atoms with Crippen LogP contribution in [0, 0.1) is 0 Å². The van der Waals surface area contributed by atoms with Gasteiger partial charge in [-0.05, 0) is 27.7 Å². The number of carbonyl (C=O) groups is 3. The van der Waals surface area contributed by atoms with Gasteiger partial charge in [-0.25, -0.2) is 14.4 Å². The summed E-state index contributed by atoms with van der Waals surface area (Å²) in [7, 11) is 0. The van der Waals surface area contributed by atoms with Gasteiger partial charge in [0.1, 0.15) is 5.60 Å². The number of hydrogen-bond donors (Lipinski definition) is 1. The topological polar surface area (TPSA) is 108 Å². The van der Waals surface area contributed by atoms with Gasteiger partial charge in [0.15, 0.2) is 6.10 Å². The van der Waals surface area contributed by atoms with E-state index in [1.54, 1.807) is 20.8 Å². The smallest absolute Gasteiger partial charge is 0.379 e. The Balaban J connectivity index is 2.83. The van der Waals surface area contributed by atoms with Crippen LogP contribution in [0.2, 0.25) is 0 Å². The van der Waals surface area contributed by atoms with Gasteiger partial charge in [0, 0.05) is 0 Å². The predicted molar refractivity (Wildman–Crippen MR) is 63.7 cm³/mol. The quantitative estimate of drug-likeness (QED) is 0.573. The zero-order valence-corrected chi connectivity index (χ0v) is 11.8. The normalized spacial score (nSPS) is 26.1. The zero-order valence-electron chi connectivity index (χ0n) is 11.8. The third kappa shape index (κ3) is 3.45. The highest BCUT2D eigenvalue weighted by Crippen LogP contribution is 2.27. The lowest BCUT2D eigenvalue weighted by Gasteiger charge is -2.23. The molecule has 1 rings (SSSR count). The third-order valence-corrected chi connectivity index (χ3v) is 2.24. The van der Waals surface area contributed by atoms with Crippen molar-refractivity contribution in [3.05, 3.63) is 0 Å². The fourth-order valence-electron chi connectivity index (χ4n) is 1.48. The van der Waals surface area contributed by atoms with Crippen molar-refractivity contribution in [2.75, 3.05) is 13.2 Å². The molecule has 0 radical (unpaired) electrons. The molecule has 0 saturated carbocycles. The Bertz CT molecular complexity index is 410. The molecule has 1 aliphatic rings. The lowest BCUT2D eigenvalue weighted by atomic mass is 10.2. The molecule has 0 bridgehead atoms. The molecule has 1 saturated heterocycles. The number of ether oxygens (including phenoxy) is 4. The summed E-state index contributed by atoms with van der Waals surface area (Å²) in [6.45, 7) is 6.01. The fourth-order valence-corrected chi connectivity index (χ4v) is 1.48. The van der Waals surface area contributed by atoms with Crippen LogP contribution >= 0.6 is 0 Å². The third-order valence-electron chi connectivity index (χ3n) is 2.24. The molecule has 0 aromatic rings. The van der Waals surface area contributed by atoms with Crippen molar-refractivity contribution in [1.82, 2.24) is 0 Å². The van der Waals surface area contributed by atoms with Gasteiger partial charge in [-0.3, -0.25) is 0 Å². The lowest BCUT2D eigenvalue weighted by Crippen LogP contribution is -2.50. The molecule has 20 heavy (non-hydrogen) atoms. The minimum Gasteiger partial charge on any atom is -0.477 e. The van der Waals surface area contributed by atoms with Gasteiger partial charge in [-0.2, -0.15) is 0 Å². The number of carboxylic acids is 1. The highest BCUT2D eigenvalue weighted by molar-refractivity contribution is 6.01. The molecule has 1 N–H and O–H groups in total. The first-order valence-electron chi connectivity index (χ1n) is 6.07. The number of carboxylic acid groups (broad SMARTS) is 1. The van der Waals surface area contributed by atoms with E-state index in [0.717, 1.165) is 0 Å². The Hall–Kier alpha value is -1.67. The van der Waals surface area contributed by atoms with E-state index in [-0.39, 0.29) is 6.61 Å². The second-order valence-electron chi connectivity index (χ2n) is 5.09. The fraction of sp³-hybridized carbons (Fsp3) is 0.750. The average Bonchev–Trinajstić information content (AvgIpc) is 2.73. The Morgan fingerprint density at radius 2 is 1.95 bits per heavy atom. The van der Waals surface area contributed by atoms with Crippen molar-refractivity contribution in [3.8, 4) is 0 Å². The number of rotatable bonds is 4. The molecule has 0 spiro atoms. The summed E-state index contributed by atoms with van der Waals surface area (Å²) >= 11 is 0. The van der Waals surface area contributed by atoms with E-state index < -0.39 is 42.0 Å². The molecule has 1 unspecified atom stereocenters. The lowest BCUT2D eigenvalue weighted by molar-refractivity contribution is -0.223. The number of esters is 2. The molecule has 0 aliphatic carbocycles. The van der Waals surface area contributed by atoms with Crippen LogP contribution < -0.4 is 0 Å². The van der Waals surface area contributed by atoms with E-state index in [1.807, 2.05) is 0 Å². The monoisotopic (exact) mass is 290 g/mol. The summed E-state index contributed by atoms with van der Waals surface area (Å²) < 4.78 is 19.5. The minimum atomic E-state index is -2.61. The maximum absolute atomic E-state index is 11.8. The summed E-state index contributed by atoms with van der Waals surface area (Å²) in [6, 6.07) is 0. The van der Waals surface area contributed by atoms with Gasteiger partial charge < -0.3 is 24.1 Å². The zero-order chi connectivity index (χ0) is 15.6. The largest absolute Gasteiger partial charge is 0.477 e. The summed E-state index contributed by atoms with van der Waals surface area (Å²) in [6.07, 6.45) is -1.30. The van der Waals surface area contributed by atoms with Gasteiger partial charge in [-0.1, -0.05) is 0 Å². The van der Waals surface area contributed by atoms with Crippen molar-refractivity contribution in [2.45, 2.75) is 45.2 Å². The molecule has 1 heterocycles. The van der Waals surface area contributed by atoms with Crippen LogP contribution in [0.5, 0.6) is 0 Å². The van der Waals surface area contributed by atoms with Crippen LogP contribution in [-0.2, 0) is 33.3 Å². The highest BCUT2D eigenvalue weighted by Gasteiger charge is 2.59. The van der Waals surface area contributed by atoms with Crippen LogP contribution in [0.25, 0.3) is 0 Å². The van der Waals surface area contributed by atoms with E-state index in [4.69, 9.17) is 19.3 Å². The van der Waals surface area contributed by atoms with Gasteiger partial charge in [0.2, 0.25) is 0 Å². The van der Waals surface area contributed by atoms with Crippen molar-refractivity contribution in [2.24, 2.45) is 0 Å². The Morgan fingerprint density at radius 3 is 2.40 bits per heavy atom. The van der Waals surface area contributed by atoms with Gasteiger partial charge >= 0.3 is 23.7 Å². The van der Waals surface area contributed by atoms with Crippen LogP contribution in [0.15, 0.2) is 0 Å². The van der Waals surface area contributed by atoms with E-state index in [2.05, 4.69) is 4.74 Å². The minimum absolute atomic E-state index is 0.0440. The van der Waals surface area contributed by atoms with Crippen molar-refractivity contribution < 1.29 is 38.4 Å². The maximum Gasteiger partial charge on any atom is 0.379 e. The number of hydrogen-bond acceptors (Lipinski definition) is 7. The van der Waals surface area contributed by atoms with Crippen LogP contribution in [0.4, 0.5) is 0 Å². The number of aliphatic carboxylic acids is 1. The maximum atomic E-state index is 11.8. The Kier molecular flexibility index (Phi) is 4.72. The summed E-state index contributed by atoms with van der Waals surface area (Å²) in [5.41, 5.74) is -0.765. The second-order valence-corrected chi connectivity index (χ2v) is 5.09. The molecule has 0 amide bonds. The molecule has 2 atom stereocenters. The van der Waals surface area contributed by atoms with E-state index in [0.29, 0.717) is 0 Å². The predicted octanol–water partition coefficient (Wildman–Crippen LogP) is 0.0875. The average molecular weight is 290 g/mol. The standard InChI is InChI=1S/C12H18O8/c1-5-17-10(16)12(9(14)15)18-6-7(19-12)8(13)20-11(2,3)4/h7H,5-6H2,1-4H3,(H,14,15)/t7-,12?/m0/s1. The summed E-state index contributed by atoms with van der Waals surface area (Å²) in [4.78, 5) is 34.6. The van der Waals surface area contributed by atoms with E-state index in [1.165, 1.54) is 6.92 Å². The molecule has 8 nitrogen and oxygen atoms in total. The first kappa shape index (κ1) is 16.4. The van der Waals surface area contributed by atoms with Crippen LogP contribution in [0.1, 0.15) is 27.7 Å². The first-order chi connectivity index (χ1) is 9.12. The van der Waals surface area contributed by atoms with Gasteiger partial charge in [0.25, 0.3) is 0 Å². The van der Waals surface area contributed by atoms with Gasteiger partial charge in [0.05, 0.1) is 13.2 Å².